The minimum absolute atomic E-state index is 0.398. The van der Waals surface area contributed by atoms with Crippen LogP contribution in [0, 0.1) is 19.8 Å². The summed E-state index contributed by atoms with van der Waals surface area (Å²) >= 11 is 0. The maximum absolute atomic E-state index is 10.9. The van der Waals surface area contributed by atoms with Gasteiger partial charge in [-0.1, -0.05) is 25.1 Å². The van der Waals surface area contributed by atoms with E-state index in [1.807, 2.05) is 12.1 Å². The van der Waals surface area contributed by atoms with Gasteiger partial charge in [0.2, 0.25) is 0 Å². The summed E-state index contributed by atoms with van der Waals surface area (Å²) in [6.07, 6.45) is 3.63. The van der Waals surface area contributed by atoms with Gasteiger partial charge in [0.1, 0.15) is 6.10 Å². The van der Waals surface area contributed by atoms with Crippen molar-refractivity contribution in [2.24, 2.45) is 5.92 Å². The van der Waals surface area contributed by atoms with E-state index in [0.29, 0.717) is 0 Å². The Labute approximate surface area is 116 Å². The Morgan fingerprint density at radius 1 is 1.26 bits per heavy atom. The van der Waals surface area contributed by atoms with Gasteiger partial charge < -0.3 is 9.84 Å². The van der Waals surface area contributed by atoms with E-state index in [4.69, 9.17) is 4.74 Å². The number of aliphatic hydroxyl groups excluding tert-OH is 1. The van der Waals surface area contributed by atoms with Gasteiger partial charge in [0.15, 0.2) is 0 Å². The lowest BCUT2D eigenvalue weighted by Crippen LogP contribution is -2.42. The first-order chi connectivity index (χ1) is 9.00. The second-order valence-corrected chi connectivity index (χ2v) is 6.14. The molecule has 0 bridgehead atoms. The predicted octanol–water partition coefficient (Wildman–Crippen LogP) is 3.93. The molecule has 1 aromatic carbocycles. The summed E-state index contributed by atoms with van der Waals surface area (Å²) in [6, 6.07) is 6.15. The number of hydrogen-bond donors (Lipinski definition) is 1. The highest BCUT2D eigenvalue weighted by Gasteiger charge is 2.42. The molecule has 0 amide bonds. The number of ether oxygens (including phenoxy) is 1. The number of methoxy groups -OCH3 is 1. The molecule has 106 valence electrons. The Balaban J connectivity index is 2.30. The van der Waals surface area contributed by atoms with Crippen molar-refractivity contribution in [1.82, 2.24) is 0 Å². The number of hydrogen-bond acceptors (Lipinski definition) is 2. The third kappa shape index (κ3) is 2.70. The van der Waals surface area contributed by atoms with Gasteiger partial charge in [0.25, 0.3) is 0 Å². The highest BCUT2D eigenvalue weighted by Crippen LogP contribution is 2.43. The molecule has 1 fully saturated rings. The summed E-state index contributed by atoms with van der Waals surface area (Å²) in [5.74, 6) is 0.745. The lowest BCUT2D eigenvalue weighted by molar-refractivity contribution is -0.130. The first-order valence-corrected chi connectivity index (χ1v) is 7.29. The van der Waals surface area contributed by atoms with Crippen LogP contribution in [0.25, 0.3) is 0 Å². The predicted molar refractivity (Wildman–Crippen MR) is 78.2 cm³/mol. The Hall–Kier alpha value is -0.860. The van der Waals surface area contributed by atoms with Gasteiger partial charge >= 0.3 is 0 Å². The first kappa shape index (κ1) is 14.5. The maximum atomic E-state index is 10.9. The quantitative estimate of drug-likeness (QED) is 0.894. The molecular weight excluding hydrogens is 236 g/mol. The fourth-order valence-corrected chi connectivity index (χ4v) is 3.19. The molecule has 2 nitrogen and oxygen atoms in total. The largest absolute Gasteiger partial charge is 0.385 e. The topological polar surface area (TPSA) is 29.5 Å². The zero-order valence-electron chi connectivity index (χ0n) is 12.6. The van der Waals surface area contributed by atoms with Gasteiger partial charge in [-0.05, 0) is 62.1 Å². The van der Waals surface area contributed by atoms with Gasteiger partial charge in [0, 0.05) is 7.11 Å². The second-order valence-electron chi connectivity index (χ2n) is 6.14. The zero-order valence-corrected chi connectivity index (χ0v) is 12.6. The van der Waals surface area contributed by atoms with E-state index in [-0.39, 0.29) is 0 Å². The summed E-state index contributed by atoms with van der Waals surface area (Å²) in [5, 5.41) is 10.9. The van der Waals surface area contributed by atoms with Crippen molar-refractivity contribution in [1.29, 1.82) is 0 Å². The van der Waals surface area contributed by atoms with Crippen molar-refractivity contribution in [3.05, 3.63) is 34.9 Å². The van der Waals surface area contributed by atoms with E-state index in [1.165, 1.54) is 11.1 Å². The molecule has 1 atom stereocenters. The van der Waals surface area contributed by atoms with Gasteiger partial charge in [0.05, 0.1) is 5.60 Å². The van der Waals surface area contributed by atoms with Crippen LogP contribution in [-0.4, -0.2) is 17.8 Å². The SMILES string of the molecule is COC1(C(O)c2cccc(C)c2C)CCC(C)CC1. The van der Waals surface area contributed by atoms with Gasteiger partial charge in [-0.25, -0.2) is 0 Å². The molecule has 1 saturated carbocycles. The van der Waals surface area contributed by atoms with Gasteiger partial charge in [-0.2, -0.15) is 0 Å². The molecule has 1 aromatic rings. The number of rotatable bonds is 3. The van der Waals surface area contributed by atoms with Crippen LogP contribution in [0.3, 0.4) is 0 Å². The van der Waals surface area contributed by atoms with Crippen molar-refractivity contribution in [3.63, 3.8) is 0 Å². The molecule has 2 rings (SSSR count). The smallest absolute Gasteiger partial charge is 0.108 e. The van der Waals surface area contributed by atoms with Crippen LogP contribution in [0.5, 0.6) is 0 Å². The molecule has 2 heteroatoms. The Bertz CT molecular complexity index is 431. The second kappa shape index (κ2) is 5.64. The number of benzene rings is 1. The lowest BCUT2D eigenvalue weighted by atomic mass is 9.74. The maximum Gasteiger partial charge on any atom is 0.108 e. The molecule has 1 unspecified atom stereocenters. The molecule has 0 aliphatic heterocycles. The van der Waals surface area contributed by atoms with Crippen LogP contribution in [-0.2, 0) is 4.74 Å². The van der Waals surface area contributed by atoms with E-state index in [1.54, 1.807) is 7.11 Å². The van der Waals surface area contributed by atoms with Gasteiger partial charge in [-0.15, -0.1) is 0 Å². The highest BCUT2D eigenvalue weighted by atomic mass is 16.5. The van der Waals surface area contributed by atoms with E-state index in [0.717, 1.165) is 37.2 Å². The third-order valence-electron chi connectivity index (χ3n) is 4.97. The Kier molecular flexibility index (Phi) is 4.32. The van der Waals surface area contributed by atoms with E-state index in [9.17, 15) is 5.11 Å². The van der Waals surface area contributed by atoms with Crippen LogP contribution < -0.4 is 0 Å². The fraction of sp³-hybridized carbons (Fsp3) is 0.647. The normalized spacial score (nSPS) is 29.2. The molecule has 1 aliphatic carbocycles. The molecule has 0 aromatic heterocycles. The minimum Gasteiger partial charge on any atom is -0.385 e. The average Bonchev–Trinajstić information content (AvgIpc) is 2.42. The number of aryl methyl sites for hydroxylation is 1. The van der Waals surface area contributed by atoms with Crippen LogP contribution in [0.2, 0.25) is 0 Å². The molecule has 19 heavy (non-hydrogen) atoms. The van der Waals surface area contributed by atoms with E-state index < -0.39 is 11.7 Å². The highest BCUT2D eigenvalue weighted by molar-refractivity contribution is 5.36. The van der Waals surface area contributed by atoms with Crippen LogP contribution in [0.15, 0.2) is 18.2 Å². The Morgan fingerprint density at radius 3 is 2.47 bits per heavy atom. The zero-order chi connectivity index (χ0) is 14.0. The van der Waals surface area contributed by atoms with E-state index in [2.05, 4.69) is 26.8 Å². The molecular formula is C17H26O2. The van der Waals surface area contributed by atoms with Crippen LogP contribution >= 0.6 is 0 Å². The number of aliphatic hydroxyl groups is 1. The minimum atomic E-state index is -0.523. The molecule has 0 spiro atoms. The third-order valence-corrected chi connectivity index (χ3v) is 4.97. The van der Waals surface area contributed by atoms with Crippen molar-refractivity contribution in [2.75, 3.05) is 7.11 Å². The molecule has 0 radical (unpaired) electrons. The summed E-state index contributed by atoms with van der Waals surface area (Å²) in [5.41, 5.74) is 3.04. The monoisotopic (exact) mass is 262 g/mol. The van der Waals surface area contributed by atoms with Crippen molar-refractivity contribution in [2.45, 2.75) is 58.2 Å². The molecule has 1 N–H and O–H groups in total. The standard InChI is InChI=1S/C17H26O2/c1-12-8-10-17(19-4,11-9-12)16(18)15-7-5-6-13(2)14(15)3/h5-7,12,16,18H,8-11H2,1-4H3. The first-order valence-electron chi connectivity index (χ1n) is 7.29. The van der Waals surface area contributed by atoms with Crippen LogP contribution in [0.1, 0.15) is 55.4 Å². The molecule has 0 heterocycles. The van der Waals surface area contributed by atoms with Crippen molar-refractivity contribution >= 4 is 0 Å². The average molecular weight is 262 g/mol. The summed E-state index contributed by atoms with van der Waals surface area (Å²) in [6.45, 7) is 6.46. The molecule has 0 saturated heterocycles. The van der Waals surface area contributed by atoms with E-state index >= 15 is 0 Å². The fourth-order valence-electron chi connectivity index (χ4n) is 3.19. The summed E-state index contributed by atoms with van der Waals surface area (Å²) < 4.78 is 5.79. The van der Waals surface area contributed by atoms with Crippen LogP contribution in [0.4, 0.5) is 0 Å². The summed E-state index contributed by atoms with van der Waals surface area (Å²) in [4.78, 5) is 0. The van der Waals surface area contributed by atoms with Crippen molar-refractivity contribution in [3.8, 4) is 0 Å². The summed E-state index contributed by atoms with van der Waals surface area (Å²) in [7, 11) is 1.74. The molecule has 1 aliphatic rings. The lowest BCUT2D eigenvalue weighted by Gasteiger charge is -2.42. The van der Waals surface area contributed by atoms with Gasteiger partial charge in [-0.3, -0.25) is 0 Å². The Morgan fingerprint density at radius 2 is 1.89 bits per heavy atom. The van der Waals surface area contributed by atoms with Crippen molar-refractivity contribution < 1.29 is 9.84 Å².